The average Bonchev–Trinajstić information content (AvgIpc) is 0.650. The zero-order chi connectivity index (χ0) is 5.45. The molecular weight excluding hydrogens is 332 g/mol. The average molecular weight is 332 g/mol. The van der Waals surface area contributed by atoms with Gasteiger partial charge in [-0.2, -0.15) is 0 Å². The Kier molecular flexibility index (Phi) is 1.20. The molecule has 0 radical (unpaired) electrons. The summed E-state index contributed by atoms with van der Waals surface area (Å²) in [7, 11) is 0. The van der Waals surface area contributed by atoms with Crippen LogP contribution in [0.15, 0.2) is 0 Å². The summed E-state index contributed by atoms with van der Waals surface area (Å²) < 4.78 is 49.6. The summed E-state index contributed by atoms with van der Waals surface area (Å²) in [5.41, 5.74) is 0. The maximum atomic E-state index is 9.93. The van der Waals surface area contributed by atoms with Gasteiger partial charge in [-0.15, -0.1) is 0 Å². The molecular formula is F5Np. The van der Waals surface area contributed by atoms with Gasteiger partial charge in [0.2, 0.25) is 0 Å². The third kappa shape index (κ3) is 142. The third-order valence-electron chi connectivity index (χ3n) is 0. The number of hydrogen-bond acceptors (Lipinski definition) is 0. The van der Waals surface area contributed by atoms with Crippen molar-refractivity contribution in [1.82, 2.24) is 0 Å². The van der Waals surface area contributed by atoms with E-state index < -0.39 is 25.1 Å². The van der Waals surface area contributed by atoms with Gasteiger partial charge in [0, 0.05) is 0 Å². The van der Waals surface area contributed by atoms with Gasteiger partial charge in [0.25, 0.3) is 0 Å². The van der Waals surface area contributed by atoms with Crippen LogP contribution in [0.5, 0.6) is 0 Å². The molecule has 0 fully saturated rings. The molecule has 0 bridgehead atoms. The van der Waals surface area contributed by atoms with Crippen LogP contribution in [-0.2, 0) is 0 Å². The van der Waals surface area contributed by atoms with Gasteiger partial charge in [-0.05, 0) is 0 Å². The molecule has 0 aromatic rings. The molecule has 6 heavy (non-hydrogen) atoms. The van der Waals surface area contributed by atoms with Crippen molar-refractivity contribution >= 4 is 0 Å². The molecule has 0 saturated heterocycles. The Bertz CT molecular complexity index is 37.1. The van der Waals surface area contributed by atoms with Crippen molar-refractivity contribution in [3.63, 3.8) is 0 Å². The molecule has 6 heteroatoms. The first-order valence-electron chi connectivity index (χ1n) is 0.845. The van der Waals surface area contributed by atoms with Gasteiger partial charge in [0.05, 0.1) is 0 Å². The molecule has 0 unspecified atom stereocenters. The zero-order valence-corrected chi connectivity index (χ0v) is 6.06. The SMILES string of the molecule is [F][Np]([F])([F])([F])[F]. The molecule has 0 aliphatic heterocycles. The minimum absolute atomic E-state index is 9.37. The first kappa shape index (κ1) is 6.66. The fourth-order valence-corrected chi connectivity index (χ4v) is 0. The van der Waals surface area contributed by atoms with Crippen molar-refractivity contribution in [3.05, 3.63) is 0 Å². The molecule has 0 spiro atoms. The van der Waals surface area contributed by atoms with E-state index in [1.54, 1.807) is 0 Å². The fraction of sp³-hybridized carbons (Fsp3) is 0. The van der Waals surface area contributed by atoms with E-state index in [9.17, 15) is 11.1 Å². The van der Waals surface area contributed by atoms with Gasteiger partial charge in [0.1, 0.15) is 0 Å². The Morgan fingerprint density at radius 1 is 0.667 bits per heavy atom. The van der Waals surface area contributed by atoms with Crippen LogP contribution in [0.1, 0.15) is 0 Å². The fourth-order valence-electron chi connectivity index (χ4n) is 0. The molecule has 0 heterocycles. The molecule has 0 saturated carbocycles. The van der Waals surface area contributed by atoms with Gasteiger partial charge in [-0.1, -0.05) is 0 Å². The third-order valence-corrected chi connectivity index (χ3v) is 0. The molecule has 40 valence electrons. The first-order valence-corrected chi connectivity index (χ1v) is 7.88. The van der Waals surface area contributed by atoms with Crippen LogP contribution in [-0.4, -0.2) is 0 Å². The second-order valence-corrected chi connectivity index (χ2v) is 5.96. The Balaban J connectivity index is 3.73. The van der Waals surface area contributed by atoms with E-state index in [1.807, 2.05) is 0 Å². The minimum atomic E-state index is -9.37. The summed E-state index contributed by atoms with van der Waals surface area (Å²) in [5.74, 6) is 0. The summed E-state index contributed by atoms with van der Waals surface area (Å²) in [6.45, 7) is 0. The van der Waals surface area contributed by atoms with Crippen LogP contribution >= 0.6 is 0 Å². The number of halogens is 5. The summed E-state index contributed by atoms with van der Waals surface area (Å²) in [4.78, 5) is 0. The molecule has 0 aromatic heterocycles. The van der Waals surface area contributed by atoms with Crippen molar-refractivity contribution in [1.29, 1.82) is 0 Å². The standard InChI is InChI=1S/5FH.Np/h5*1H;/q;;;;;+5/p-5. The molecule has 0 aromatic carbocycles. The van der Waals surface area contributed by atoms with Crippen molar-refractivity contribution in [2.45, 2.75) is 0 Å². The van der Waals surface area contributed by atoms with Crippen molar-refractivity contribution in [2.24, 2.45) is 0 Å². The Morgan fingerprint density at radius 2 is 0.667 bits per heavy atom. The van der Waals surface area contributed by atoms with Crippen LogP contribution in [0, 0.1) is 25.1 Å². The molecule has 0 atom stereocenters. The monoisotopic (exact) mass is 331 g/mol. The summed E-state index contributed by atoms with van der Waals surface area (Å²) >= 11 is -9.37. The predicted octanol–water partition coefficient (Wildman–Crippen LogP) is 2.10. The molecule has 0 N–H and O–H groups in total. The second kappa shape index (κ2) is 1.08. The number of hydrogen-bond donors (Lipinski definition) is 0. The topological polar surface area (TPSA) is 0 Å². The summed E-state index contributed by atoms with van der Waals surface area (Å²) in [6, 6.07) is 0. The second-order valence-electron chi connectivity index (χ2n) is 0.639. The first-order chi connectivity index (χ1) is 2.24. The molecule has 0 nitrogen and oxygen atoms in total. The number of rotatable bonds is 0. The predicted molar refractivity (Wildman–Crippen MR) is 5.54 cm³/mol. The van der Waals surface area contributed by atoms with Crippen LogP contribution < -0.4 is 0 Å². The molecule has 0 amide bonds. The molecule has 0 aliphatic rings. The zero-order valence-electron chi connectivity index (χ0n) is 2.34. The van der Waals surface area contributed by atoms with Crippen LogP contribution in [0.2, 0.25) is 0 Å². The van der Waals surface area contributed by atoms with Crippen LogP contribution in [0.25, 0.3) is 0 Å². The Hall–Kier alpha value is 0.663. The van der Waals surface area contributed by atoms with Crippen LogP contribution in [0.3, 0.4) is 0 Å². The van der Waals surface area contributed by atoms with Crippen LogP contribution in [0.4, 0.5) is 11.1 Å². The van der Waals surface area contributed by atoms with Gasteiger partial charge < -0.3 is 0 Å². The Morgan fingerprint density at radius 3 is 0.667 bits per heavy atom. The van der Waals surface area contributed by atoms with Crippen molar-refractivity contribution < 1.29 is 36.2 Å². The quantitative estimate of drug-likeness (QED) is 0.596. The van der Waals surface area contributed by atoms with E-state index in [1.165, 1.54) is 0 Å². The van der Waals surface area contributed by atoms with Crippen molar-refractivity contribution in [3.8, 4) is 0 Å². The van der Waals surface area contributed by atoms with Gasteiger partial charge in [-0.25, -0.2) is 0 Å². The van der Waals surface area contributed by atoms with Gasteiger partial charge >= 0.3 is 36.2 Å². The summed E-state index contributed by atoms with van der Waals surface area (Å²) in [5, 5.41) is 0. The normalized spacial score (nSPS) is 19.2. The maximum absolute atomic E-state index is 9.93. The summed E-state index contributed by atoms with van der Waals surface area (Å²) in [6.07, 6.45) is 0. The van der Waals surface area contributed by atoms with Crippen molar-refractivity contribution in [2.75, 3.05) is 0 Å². The Labute approximate surface area is 36.5 Å². The van der Waals surface area contributed by atoms with E-state index in [0.29, 0.717) is 0 Å². The molecule has 0 rings (SSSR count). The van der Waals surface area contributed by atoms with E-state index in [4.69, 9.17) is 0 Å². The van der Waals surface area contributed by atoms with E-state index in [2.05, 4.69) is 0 Å². The van der Waals surface area contributed by atoms with Gasteiger partial charge in [-0.3, -0.25) is 0 Å². The van der Waals surface area contributed by atoms with E-state index >= 15 is 0 Å². The van der Waals surface area contributed by atoms with Gasteiger partial charge in [0.15, 0.2) is 0 Å². The van der Waals surface area contributed by atoms with E-state index in [0.717, 1.165) is 0 Å². The van der Waals surface area contributed by atoms with E-state index in [-0.39, 0.29) is 0 Å². The molecule has 0 aliphatic carbocycles.